The Hall–Kier alpha value is -3.53. The van der Waals surface area contributed by atoms with Crippen LogP contribution in [0.1, 0.15) is 27.2 Å². The van der Waals surface area contributed by atoms with Crippen LogP contribution in [0.5, 0.6) is 5.75 Å². The minimum Gasteiger partial charge on any atom is -0.508 e. The summed E-state index contributed by atoms with van der Waals surface area (Å²) in [6.45, 7) is 0. The maximum atomic E-state index is 13.1. The lowest BCUT2D eigenvalue weighted by Gasteiger charge is -2.04. The SMILES string of the molecule is Nc1ccc(Cc2oc3ccccc3c2C(=O)c2ccc(O)cc2)cc1. The zero-order valence-corrected chi connectivity index (χ0v) is 14.0. The van der Waals surface area contributed by atoms with Crippen molar-refractivity contribution in [1.29, 1.82) is 0 Å². The van der Waals surface area contributed by atoms with E-state index < -0.39 is 0 Å². The van der Waals surface area contributed by atoms with Crippen LogP contribution >= 0.6 is 0 Å². The van der Waals surface area contributed by atoms with E-state index in [1.54, 1.807) is 12.1 Å². The maximum absolute atomic E-state index is 13.1. The molecule has 0 spiro atoms. The molecule has 0 bridgehead atoms. The van der Waals surface area contributed by atoms with E-state index in [0.717, 1.165) is 10.9 Å². The number of aromatic hydroxyl groups is 1. The summed E-state index contributed by atoms with van der Waals surface area (Å²) in [7, 11) is 0. The smallest absolute Gasteiger partial charge is 0.197 e. The average Bonchev–Trinajstić information content (AvgIpc) is 3.01. The third-order valence-electron chi connectivity index (χ3n) is 4.37. The largest absolute Gasteiger partial charge is 0.508 e. The Balaban J connectivity index is 1.82. The zero-order chi connectivity index (χ0) is 18.1. The van der Waals surface area contributed by atoms with Crippen molar-refractivity contribution in [3.63, 3.8) is 0 Å². The molecule has 0 aliphatic carbocycles. The predicted octanol–water partition coefficient (Wildman–Crippen LogP) is 4.54. The lowest BCUT2D eigenvalue weighted by molar-refractivity contribution is 0.103. The first-order chi connectivity index (χ1) is 12.6. The fourth-order valence-corrected chi connectivity index (χ4v) is 3.05. The molecule has 4 heteroatoms. The normalized spacial score (nSPS) is 10.9. The number of nitrogen functional groups attached to an aromatic ring is 1. The van der Waals surface area contributed by atoms with Crippen LogP contribution in [0, 0.1) is 0 Å². The quantitative estimate of drug-likeness (QED) is 0.421. The number of carbonyl (C=O) groups excluding carboxylic acids is 1. The maximum Gasteiger partial charge on any atom is 0.197 e. The van der Waals surface area contributed by atoms with Gasteiger partial charge in [-0.1, -0.05) is 30.3 Å². The Labute approximate surface area is 150 Å². The molecule has 3 N–H and O–H groups in total. The second kappa shape index (κ2) is 6.41. The van der Waals surface area contributed by atoms with Gasteiger partial charge in [0.1, 0.15) is 17.1 Å². The van der Waals surface area contributed by atoms with Gasteiger partial charge in [0, 0.05) is 23.1 Å². The Bertz CT molecular complexity index is 1080. The van der Waals surface area contributed by atoms with Crippen LogP contribution in [0.3, 0.4) is 0 Å². The molecular formula is C22H17NO3. The topological polar surface area (TPSA) is 76.5 Å². The predicted molar refractivity (Wildman–Crippen MR) is 101 cm³/mol. The molecule has 128 valence electrons. The molecule has 4 rings (SSSR count). The first-order valence-corrected chi connectivity index (χ1v) is 8.30. The highest BCUT2D eigenvalue weighted by atomic mass is 16.3. The number of para-hydroxylation sites is 1. The number of hydrogen-bond donors (Lipinski definition) is 2. The number of fused-ring (bicyclic) bond motifs is 1. The number of nitrogens with two attached hydrogens (primary N) is 1. The lowest BCUT2D eigenvalue weighted by atomic mass is 9.97. The van der Waals surface area contributed by atoms with E-state index in [4.69, 9.17) is 10.2 Å². The van der Waals surface area contributed by atoms with E-state index in [9.17, 15) is 9.90 Å². The Morgan fingerprint density at radius 3 is 2.35 bits per heavy atom. The number of furan rings is 1. The summed E-state index contributed by atoms with van der Waals surface area (Å²) in [4.78, 5) is 13.1. The highest BCUT2D eigenvalue weighted by Gasteiger charge is 2.22. The van der Waals surface area contributed by atoms with Crippen LogP contribution < -0.4 is 5.73 Å². The van der Waals surface area contributed by atoms with Gasteiger partial charge in [0.25, 0.3) is 0 Å². The van der Waals surface area contributed by atoms with Gasteiger partial charge in [-0.25, -0.2) is 0 Å². The highest BCUT2D eigenvalue weighted by Crippen LogP contribution is 2.30. The average molecular weight is 343 g/mol. The number of benzene rings is 3. The fraction of sp³-hybridized carbons (Fsp3) is 0.0455. The van der Waals surface area contributed by atoms with E-state index in [0.29, 0.717) is 34.6 Å². The van der Waals surface area contributed by atoms with Crippen molar-refractivity contribution < 1.29 is 14.3 Å². The van der Waals surface area contributed by atoms with Gasteiger partial charge < -0.3 is 15.3 Å². The van der Waals surface area contributed by atoms with E-state index in [1.807, 2.05) is 48.5 Å². The molecule has 1 aromatic heterocycles. The van der Waals surface area contributed by atoms with Crippen LogP contribution in [-0.4, -0.2) is 10.9 Å². The van der Waals surface area contributed by atoms with Crippen molar-refractivity contribution in [2.75, 3.05) is 5.73 Å². The number of hydrogen-bond acceptors (Lipinski definition) is 4. The molecule has 4 aromatic rings. The minimum atomic E-state index is -0.125. The number of anilines is 1. The molecule has 0 saturated heterocycles. The van der Waals surface area contributed by atoms with Gasteiger partial charge in [-0.3, -0.25) is 4.79 Å². The zero-order valence-electron chi connectivity index (χ0n) is 14.0. The minimum absolute atomic E-state index is 0.125. The van der Waals surface area contributed by atoms with Crippen LogP contribution in [0.15, 0.2) is 77.2 Å². The highest BCUT2D eigenvalue weighted by molar-refractivity contribution is 6.16. The van der Waals surface area contributed by atoms with Gasteiger partial charge in [-0.2, -0.15) is 0 Å². The van der Waals surface area contributed by atoms with Crippen molar-refractivity contribution in [2.24, 2.45) is 0 Å². The molecule has 3 aromatic carbocycles. The number of phenols is 1. The first-order valence-electron chi connectivity index (χ1n) is 8.30. The summed E-state index contributed by atoms with van der Waals surface area (Å²) in [5.41, 5.74) is 9.20. The molecule has 0 radical (unpaired) electrons. The summed E-state index contributed by atoms with van der Waals surface area (Å²) in [6.07, 6.45) is 0.494. The molecule has 0 unspecified atom stereocenters. The fourth-order valence-electron chi connectivity index (χ4n) is 3.05. The van der Waals surface area contributed by atoms with E-state index in [2.05, 4.69) is 0 Å². The third-order valence-corrected chi connectivity index (χ3v) is 4.37. The summed E-state index contributed by atoms with van der Waals surface area (Å²) >= 11 is 0. The van der Waals surface area contributed by atoms with Gasteiger partial charge in [0.05, 0.1) is 5.56 Å². The summed E-state index contributed by atoms with van der Waals surface area (Å²) in [6, 6.07) is 21.3. The molecule has 0 fully saturated rings. The molecule has 0 amide bonds. The van der Waals surface area contributed by atoms with Crippen molar-refractivity contribution in [2.45, 2.75) is 6.42 Å². The molecule has 0 atom stereocenters. The number of phenolic OH excluding ortho intramolecular Hbond substituents is 1. The van der Waals surface area contributed by atoms with Gasteiger partial charge in [-0.05, 0) is 48.0 Å². The van der Waals surface area contributed by atoms with Gasteiger partial charge in [0.15, 0.2) is 5.78 Å². The van der Waals surface area contributed by atoms with E-state index >= 15 is 0 Å². The van der Waals surface area contributed by atoms with Crippen LogP contribution in [0.25, 0.3) is 11.0 Å². The van der Waals surface area contributed by atoms with Gasteiger partial charge in [0.2, 0.25) is 0 Å². The number of ketones is 1. The van der Waals surface area contributed by atoms with Gasteiger partial charge >= 0.3 is 0 Å². The van der Waals surface area contributed by atoms with Crippen LogP contribution in [-0.2, 0) is 6.42 Å². The van der Waals surface area contributed by atoms with Crippen molar-refractivity contribution in [3.05, 3.63) is 95.2 Å². The van der Waals surface area contributed by atoms with Crippen LogP contribution in [0.4, 0.5) is 5.69 Å². The second-order valence-corrected chi connectivity index (χ2v) is 6.19. The summed E-state index contributed by atoms with van der Waals surface area (Å²) in [5.74, 6) is 0.621. The molecular weight excluding hydrogens is 326 g/mol. The van der Waals surface area contributed by atoms with Crippen molar-refractivity contribution in [1.82, 2.24) is 0 Å². The van der Waals surface area contributed by atoms with Gasteiger partial charge in [-0.15, -0.1) is 0 Å². The Morgan fingerprint density at radius 1 is 0.923 bits per heavy atom. The monoisotopic (exact) mass is 343 g/mol. The van der Waals surface area contributed by atoms with Crippen molar-refractivity contribution >= 4 is 22.4 Å². The number of carbonyl (C=O) groups is 1. The first kappa shape index (κ1) is 16.0. The third kappa shape index (κ3) is 2.93. The molecule has 4 nitrogen and oxygen atoms in total. The molecule has 1 heterocycles. The Kier molecular flexibility index (Phi) is 3.93. The second-order valence-electron chi connectivity index (χ2n) is 6.19. The molecule has 26 heavy (non-hydrogen) atoms. The summed E-state index contributed by atoms with van der Waals surface area (Å²) < 4.78 is 6.00. The molecule has 0 aliphatic heterocycles. The molecule has 0 aliphatic rings. The Morgan fingerprint density at radius 2 is 1.62 bits per heavy atom. The lowest BCUT2D eigenvalue weighted by Crippen LogP contribution is -2.04. The number of rotatable bonds is 4. The van der Waals surface area contributed by atoms with Crippen LogP contribution in [0.2, 0.25) is 0 Å². The summed E-state index contributed by atoms with van der Waals surface area (Å²) in [5, 5.41) is 10.3. The standard InChI is InChI=1S/C22H17NO3/c23-16-9-5-14(6-10-16)13-20-21(18-3-1-2-4-19(18)26-20)22(25)15-7-11-17(24)12-8-15/h1-12,24H,13,23H2. The molecule has 0 saturated carbocycles. The van der Waals surface area contributed by atoms with E-state index in [-0.39, 0.29) is 11.5 Å². The van der Waals surface area contributed by atoms with E-state index in [1.165, 1.54) is 12.1 Å². The van der Waals surface area contributed by atoms with Crippen molar-refractivity contribution in [3.8, 4) is 5.75 Å².